The second-order valence-corrected chi connectivity index (χ2v) is 9.45. The number of nitrogens with one attached hydrogen (secondary N) is 1. The van der Waals surface area contributed by atoms with Gasteiger partial charge in [0.2, 0.25) is 11.9 Å². The first-order valence-electron chi connectivity index (χ1n) is 11.3. The number of piperidine rings is 1. The van der Waals surface area contributed by atoms with E-state index in [9.17, 15) is 9.59 Å². The summed E-state index contributed by atoms with van der Waals surface area (Å²) in [6.07, 6.45) is 1.62. The van der Waals surface area contributed by atoms with Gasteiger partial charge in [-0.3, -0.25) is 9.59 Å². The Labute approximate surface area is 201 Å². The van der Waals surface area contributed by atoms with E-state index in [0.29, 0.717) is 22.7 Å². The number of hydrogen-bond acceptors (Lipinski definition) is 6. The van der Waals surface area contributed by atoms with Gasteiger partial charge < -0.3 is 15.0 Å². The summed E-state index contributed by atoms with van der Waals surface area (Å²) in [6.45, 7) is 3.24. The summed E-state index contributed by atoms with van der Waals surface area (Å²) in [5.41, 5.74) is 3.20. The number of aryl methyl sites for hydroxylation is 1. The molecule has 0 bridgehead atoms. The zero-order valence-electron chi connectivity index (χ0n) is 19.2. The molecule has 1 saturated heterocycles. The Morgan fingerprint density at radius 2 is 2.00 bits per heavy atom. The summed E-state index contributed by atoms with van der Waals surface area (Å²) in [7, 11) is 1.61. The summed E-state index contributed by atoms with van der Waals surface area (Å²) in [5, 5.41) is 4.91. The lowest BCUT2D eigenvalue weighted by Crippen LogP contribution is -2.43. The Morgan fingerprint density at radius 3 is 2.76 bits per heavy atom. The fourth-order valence-electron chi connectivity index (χ4n) is 4.40. The van der Waals surface area contributed by atoms with Crippen molar-refractivity contribution in [3.05, 3.63) is 75.9 Å². The van der Waals surface area contributed by atoms with Crippen molar-refractivity contribution in [3.63, 3.8) is 0 Å². The van der Waals surface area contributed by atoms with Crippen LogP contribution < -0.4 is 20.5 Å². The van der Waals surface area contributed by atoms with Crippen LogP contribution in [0.5, 0.6) is 5.75 Å². The van der Waals surface area contributed by atoms with Crippen molar-refractivity contribution in [2.24, 2.45) is 5.92 Å². The van der Waals surface area contributed by atoms with Crippen LogP contribution in [-0.2, 0) is 4.79 Å². The molecule has 0 aliphatic carbocycles. The van der Waals surface area contributed by atoms with Crippen LogP contribution in [0.4, 0.5) is 11.6 Å². The maximum atomic E-state index is 13.5. The van der Waals surface area contributed by atoms with E-state index in [4.69, 9.17) is 9.72 Å². The van der Waals surface area contributed by atoms with E-state index in [0.717, 1.165) is 42.1 Å². The number of aromatic nitrogens is 2. The number of rotatable bonds is 5. The molecule has 5 rings (SSSR count). The van der Waals surface area contributed by atoms with Gasteiger partial charge in [-0.25, -0.2) is 9.55 Å². The highest BCUT2D eigenvalue weighted by Gasteiger charge is 2.29. The third-order valence-electron chi connectivity index (χ3n) is 6.15. The normalized spacial score (nSPS) is 15.9. The molecule has 0 unspecified atom stereocenters. The van der Waals surface area contributed by atoms with Gasteiger partial charge >= 0.3 is 0 Å². The van der Waals surface area contributed by atoms with E-state index in [1.165, 1.54) is 11.3 Å². The number of ether oxygens (including phenoxy) is 1. The summed E-state index contributed by atoms with van der Waals surface area (Å²) in [4.78, 5) is 33.5. The monoisotopic (exact) mass is 474 g/mol. The molecule has 2 aromatic heterocycles. The molecule has 34 heavy (non-hydrogen) atoms. The van der Waals surface area contributed by atoms with Crippen molar-refractivity contribution in [1.82, 2.24) is 9.55 Å². The lowest BCUT2D eigenvalue weighted by molar-refractivity contribution is -0.120. The van der Waals surface area contributed by atoms with Crippen LogP contribution >= 0.6 is 11.3 Å². The number of carbonyl (C=O) groups excluding carboxylic acids is 1. The molecule has 1 aliphatic heterocycles. The molecule has 1 amide bonds. The predicted molar refractivity (Wildman–Crippen MR) is 137 cm³/mol. The smallest absolute Gasteiger partial charge is 0.277 e. The van der Waals surface area contributed by atoms with Gasteiger partial charge in [0.15, 0.2) is 0 Å². The molecular weight excluding hydrogens is 448 g/mol. The van der Waals surface area contributed by atoms with Crippen LogP contribution in [0.15, 0.2) is 64.8 Å². The van der Waals surface area contributed by atoms with Crippen LogP contribution in [0.3, 0.4) is 0 Å². The van der Waals surface area contributed by atoms with Crippen molar-refractivity contribution < 1.29 is 9.53 Å². The summed E-state index contributed by atoms with van der Waals surface area (Å²) in [5.74, 6) is 1.09. The van der Waals surface area contributed by atoms with Crippen LogP contribution in [-0.4, -0.2) is 35.7 Å². The molecule has 0 saturated carbocycles. The molecule has 0 radical (unpaired) electrons. The van der Waals surface area contributed by atoms with Crippen molar-refractivity contribution in [2.45, 2.75) is 19.8 Å². The largest absolute Gasteiger partial charge is 0.497 e. The third kappa shape index (κ3) is 4.28. The Balaban J connectivity index is 1.46. The summed E-state index contributed by atoms with van der Waals surface area (Å²) in [6, 6.07) is 17.1. The van der Waals surface area contributed by atoms with Gasteiger partial charge in [-0.05, 0) is 73.2 Å². The van der Waals surface area contributed by atoms with Gasteiger partial charge in [0.1, 0.15) is 10.4 Å². The number of benzene rings is 2. The van der Waals surface area contributed by atoms with Gasteiger partial charge in [0.25, 0.3) is 5.56 Å². The highest BCUT2D eigenvalue weighted by molar-refractivity contribution is 7.17. The highest BCUT2D eigenvalue weighted by Crippen LogP contribution is 2.27. The Hall–Kier alpha value is -3.65. The quantitative estimate of drug-likeness (QED) is 0.457. The zero-order chi connectivity index (χ0) is 23.7. The molecule has 1 N–H and O–H groups in total. The molecular formula is C26H26N4O3S. The standard InChI is InChI=1S/C26H26N4O3S/c1-17-5-3-7-20(15-17)30-25(32)23-22(12-14-34-23)28-26(30)29-13-4-6-18(16-29)24(31)27-19-8-10-21(33-2)11-9-19/h3,5,7-12,14-15,18H,4,6,13,16H2,1-2H3,(H,27,31)/t18-/m1/s1. The van der Waals surface area contributed by atoms with Crippen molar-refractivity contribution in [3.8, 4) is 11.4 Å². The van der Waals surface area contributed by atoms with E-state index in [2.05, 4.69) is 10.2 Å². The number of methoxy groups -OCH3 is 1. The first-order chi connectivity index (χ1) is 16.5. The minimum Gasteiger partial charge on any atom is -0.497 e. The van der Waals surface area contributed by atoms with E-state index in [1.807, 2.05) is 66.9 Å². The molecule has 1 atom stereocenters. The van der Waals surface area contributed by atoms with Gasteiger partial charge in [0.05, 0.1) is 24.2 Å². The van der Waals surface area contributed by atoms with Crippen molar-refractivity contribution in [2.75, 3.05) is 30.4 Å². The molecule has 1 fully saturated rings. The van der Waals surface area contributed by atoms with Crippen molar-refractivity contribution >= 4 is 39.1 Å². The first kappa shape index (κ1) is 22.2. The number of carbonyl (C=O) groups is 1. The van der Waals surface area contributed by atoms with Crippen molar-refractivity contribution in [1.29, 1.82) is 0 Å². The maximum absolute atomic E-state index is 13.5. The van der Waals surface area contributed by atoms with E-state index < -0.39 is 0 Å². The maximum Gasteiger partial charge on any atom is 0.277 e. The fraction of sp³-hybridized carbons (Fsp3) is 0.269. The van der Waals surface area contributed by atoms with Crippen LogP contribution in [0.2, 0.25) is 0 Å². The number of fused-ring (bicyclic) bond motifs is 1. The third-order valence-corrected chi connectivity index (χ3v) is 7.05. The molecule has 7 nitrogen and oxygen atoms in total. The lowest BCUT2D eigenvalue weighted by atomic mass is 9.97. The van der Waals surface area contributed by atoms with E-state index in [-0.39, 0.29) is 17.4 Å². The molecule has 4 aromatic rings. The minimum atomic E-state index is -0.211. The molecule has 2 aromatic carbocycles. The molecule has 174 valence electrons. The highest BCUT2D eigenvalue weighted by atomic mass is 32.1. The van der Waals surface area contributed by atoms with E-state index in [1.54, 1.807) is 11.7 Å². The topological polar surface area (TPSA) is 76.5 Å². The Bertz CT molecular complexity index is 1390. The summed E-state index contributed by atoms with van der Waals surface area (Å²) >= 11 is 1.40. The van der Waals surface area contributed by atoms with E-state index >= 15 is 0 Å². The molecule has 1 aliphatic rings. The Kier molecular flexibility index (Phi) is 6.06. The minimum absolute atomic E-state index is 0.0315. The SMILES string of the molecule is COc1ccc(NC(=O)[C@@H]2CCCN(c3nc4ccsc4c(=O)n3-c3cccc(C)c3)C2)cc1. The van der Waals surface area contributed by atoms with Crippen LogP contribution in [0.1, 0.15) is 18.4 Å². The van der Waals surface area contributed by atoms with Crippen LogP contribution in [0, 0.1) is 12.8 Å². The number of hydrogen-bond donors (Lipinski definition) is 1. The summed E-state index contributed by atoms with van der Waals surface area (Å²) < 4.78 is 7.51. The second-order valence-electron chi connectivity index (χ2n) is 8.53. The predicted octanol–water partition coefficient (Wildman–Crippen LogP) is 4.62. The average molecular weight is 475 g/mol. The fourth-order valence-corrected chi connectivity index (χ4v) is 5.16. The number of thiophene rings is 1. The number of anilines is 2. The zero-order valence-corrected chi connectivity index (χ0v) is 20.0. The van der Waals surface area contributed by atoms with Gasteiger partial charge in [-0.1, -0.05) is 12.1 Å². The Morgan fingerprint density at radius 1 is 1.18 bits per heavy atom. The number of nitrogens with zero attached hydrogens (tertiary/aromatic N) is 3. The van der Waals surface area contributed by atoms with Gasteiger partial charge in [-0.15, -0.1) is 11.3 Å². The average Bonchev–Trinajstić information content (AvgIpc) is 3.34. The van der Waals surface area contributed by atoms with Gasteiger partial charge in [0, 0.05) is 18.8 Å². The first-order valence-corrected chi connectivity index (χ1v) is 12.2. The van der Waals surface area contributed by atoms with Gasteiger partial charge in [-0.2, -0.15) is 0 Å². The molecule has 3 heterocycles. The molecule has 8 heteroatoms. The molecule has 0 spiro atoms. The number of amides is 1. The second kappa shape index (κ2) is 9.30. The lowest BCUT2D eigenvalue weighted by Gasteiger charge is -2.34. The van der Waals surface area contributed by atoms with Crippen LogP contribution in [0.25, 0.3) is 15.9 Å².